The van der Waals surface area contributed by atoms with E-state index in [1.807, 2.05) is 30.5 Å². The number of benzene rings is 1. The Hall–Kier alpha value is -1.82. The summed E-state index contributed by atoms with van der Waals surface area (Å²) < 4.78 is 22.7. The first-order valence-electron chi connectivity index (χ1n) is 7.08. The van der Waals surface area contributed by atoms with Crippen molar-refractivity contribution in [3.05, 3.63) is 36.0 Å². The van der Waals surface area contributed by atoms with E-state index in [9.17, 15) is 13.2 Å². The third-order valence-electron chi connectivity index (χ3n) is 3.89. The highest BCUT2D eigenvalue weighted by atomic mass is 32.2. The molecule has 1 aliphatic rings. The average molecular weight is 306 g/mol. The molecule has 0 spiro atoms. The SMILES string of the molecule is O=C(CCc1c[nH]c2ccccc12)NC1CCS(=O)(=O)C1. The Labute approximate surface area is 123 Å². The molecule has 5 nitrogen and oxygen atoms in total. The number of rotatable bonds is 4. The molecular formula is C15H18N2O3S. The minimum absolute atomic E-state index is 0.0752. The van der Waals surface area contributed by atoms with Gasteiger partial charge in [0.25, 0.3) is 0 Å². The summed E-state index contributed by atoms with van der Waals surface area (Å²) in [7, 11) is -2.95. The molecule has 6 heteroatoms. The molecule has 112 valence electrons. The fraction of sp³-hybridized carbons (Fsp3) is 0.400. The van der Waals surface area contributed by atoms with Gasteiger partial charge in [-0.15, -0.1) is 0 Å². The lowest BCUT2D eigenvalue weighted by Crippen LogP contribution is -2.35. The van der Waals surface area contributed by atoms with Crippen LogP contribution in [-0.2, 0) is 21.1 Å². The van der Waals surface area contributed by atoms with Gasteiger partial charge in [-0.1, -0.05) is 18.2 Å². The standard InChI is InChI=1S/C15H18N2O3S/c18-15(17-12-7-8-21(19,20)10-12)6-5-11-9-16-14-4-2-1-3-13(11)14/h1-4,9,12,16H,5-8,10H2,(H,17,18). The zero-order chi connectivity index (χ0) is 14.9. The Kier molecular flexibility index (Phi) is 3.71. The number of aromatic amines is 1. The molecule has 0 aliphatic carbocycles. The molecule has 1 aromatic heterocycles. The van der Waals surface area contributed by atoms with Crippen molar-refractivity contribution in [2.75, 3.05) is 11.5 Å². The van der Waals surface area contributed by atoms with E-state index in [1.165, 1.54) is 0 Å². The zero-order valence-corrected chi connectivity index (χ0v) is 12.4. The quantitative estimate of drug-likeness (QED) is 0.896. The number of nitrogens with one attached hydrogen (secondary N) is 2. The molecular weight excluding hydrogens is 288 g/mol. The maximum absolute atomic E-state index is 11.9. The van der Waals surface area contributed by atoms with Crippen LogP contribution >= 0.6 is 0 Å². The van der Waals surface area contributed by atoms with Crippen molar-refractivity contribution >= 4 is 26.6 Å². The first kappa shape index (κ1) is 14.1. The van der Waals surface area contributed by atoms with Crippen molar-refractivity contribution in [2.45, 2.75) is 25.3 Å². The lowest BCUT2D eigenvalue weighted by molar-refractivity contribution is -0.121. The van der Waals surface area contributed by atoms with Crippen molar-refractivity contribution < 1.29 is 13.2 Å². The fourth-order valence-corrected chi connectivity index (χ4v) is 4.47. The molecule has 3 rings (SSSR count). The maximum Gasteiger partial charge on any atom is 0.220 e. The smallest absolute Gasteiger partial charge is 0.220 e. The topological polar surface area (TPSA) is 79.0 Å². The number of fused-ring (bicyclic) bond motifs is 1. The number of amides is 1. The summed E-state index contributed by atoms with van der Waals surface area (Å²) in [5, 5.41) is 3.95. The van der Waals surface area contributed by atoms with Gasteiger partial charge in [0.05, 0.1) is 11.5 Å². The maximum atomic E-state index is 11.9. The van der Waals surface area contributed by atoms with Crippen LogP contribution in [-0.4, -0.2) is 36.9 Å². The second-order valence-electron chi connectivity index (χ2n) is 5.53. The van der Waals surface area contributed by atoms with Crippen LogP contribution in [0.3, 0.4) is 0 Å². The predicted octanol–water partition coefficient (Wildman–Crippen LogP) is 1.40. The molecule has 2 N–H and O–H groups in total. The summed E-state index contributed by atoms with van der Waals surface area (Å²) in [6, 6.07) is 7.76. The highest BCUT2D eigenvalue weighted by Crippen LogP contribution is 2.19. The summed E-state index contributed by atoms with van der Waals surface area (Å²) in [5.74, 6) is 0.175. The largest absolute Gasteiger partial charge is 0.361 e. The number of H-pyrrole nitrogens is 1. The van der Waals surface area contributed by atoms with E-state index in [2.05, 4.69) is 10.3 Å². The lowest BCUT2D eigenvalue weighted by Gasteiger charge is -2.10. The zero-order valence-electron chi connectivity index (χ0n) is 11.6. The molecule has 1 fully saturated rings. The number of sulfone groups is 1. The third-order valence-corrected chi connectivity index (χ3v) is 5.66. The molecule has 0 saturated carbocycles. The first-order valence-corrected chi connectivity index (χ1v) is 8.90. The second kappa shape index (κ2) is 5.52. The second-order valence-corrected chi connectivity index (χ2v) is 7.76. The molecule has 1 atom stereocenters. The van der Waals surface area contributed by atoms with Gasteiger partial charge in [0, 0.05) is 29.6 Å². The van der Waals surface area contributed by atoms with Gasteiger partial charge >= 0.3 is 0 Å². The van der Waals surface area contributed by atoms with Crippen molar-refractivity contribution in [2.24, 2.45) is 0 Å². The van der Waals surface area contributed by atoms with Gasteiger partial charge in [0.1, 0.15) is 0 Å². The van der Waals surface area contributed by atoms with Crippen molar-refractivity contribution in [3.8, 4) is 0 Å². The number of aryl methyl sites for hydroxylation is 1. The van der Waals surface area contributed by atoms with Crippen LogP contribution in [0.5, 0.6) is 0 Å². The molecule has 1 amide bonds. The number of para-hydroxylation sites is 1. The summed E-state index contributed by atoms with van der Waals surface area (Å²) in [4.78, 5) is 15.1. The molecule has 1 aromatic carbocycles. The summed E-state index contributed by atoms with van der Waals surface area (Å²) in [6.45, 7) is 0. The van der Waals surface area contributed by atoms with Crippen LogP contribution in [0, 0.1) is 0 Å². The van der Waals surface area contributed by atoms with E-state index in [0.29, 0.717) is 19.3 Å². The van der Waals surface area contributed by atoms with Crippen molar-refractivity contribution in [3.63, 3.8) is 0 Å². The first-order chi connectivity index (χ1) is 10.0. The van der Waals surface area contributed by atoms with Gasteiger partial charge < -0.3 is 10.3 Å². The molecule has 1 saturated heterocycles. The van der Waals surface area contributed by atoms with E-state index in [0.717, 1.165) is 16.5 Å². The van der Waals surface area contributed by atoms with Crippen LogP contribution in [0.4, 0.5) is 0 Å². The van der Waals surface area contributed by atoms with Gasteiger partial charge in [-0.25, -0.2) is 8.42 Å². The lowest BCUT2D eigenvalue weighted by atomic mass is 10.1. The Morgan fingerprint density at radius 1 is 1.33 bits per heavy atom. The Bertz CT molecular complexity index is 764. The Balaban J connectivity index is 1.57. The summed E-state index contributed by atoms with van der Waals surface area (Å²) >= 11 is 0. The number of aromatic nitrogens is 1. The Morgan fingerprint density at radius 2 is 2.14 bits per heavy atom. The number of hydrogen-bond donors (Lipinski definition) is 2. The van der Waals surface area contributed by atoms with Crippen LogP contribution < -0.4 is 5.32 Å². The van der Waals surface area contributed by atoms with Crippen LogP contribution in [0.1, 0.15) is 18.4 Å². The number of carbonyl (C=O) groups is 1. The van der Waals surface area contributed by atoms with Crippen LogP contribution in [0.2, 0.25) is 0 Å². The van der Waals surface area contributed by atoms with Crippen molar-refractivity contribution in [1.29, 1.82) is 0 Å². The van der Waals surface area contributed by atoms with E-state index >= 15 is 0 Å². The highest BCUT2D eigenvalue weighted by molar-refractivity contribution is 7.91. The molecule has 0 radical (unpaired) electrons. The molecule has 1 aliphatic heterocycles. The molecule has 2 heterocycles. The Morgan fingerprint density at radius 3 is 2.90 bits per heavy atom. The number of carbonyl (C=O) groups excluding carboxylic acids is 1. The van der Waals surface area contributed by atoms with Crippen LogP contribution in [0.25, 0.3) is 10.9 Å². The van der Waals surface area contributed by atoms with Crippen molar-refractivity contribution in [1.82, 2.24) is 10.3 Å². The summed E-state index contributed by atoms with van der Waals surface area (Å²) in [5.41, 5.74) is 2.18. The monoisotopic (exact) mass is 306 g/mol. The van der Waals surface area contributed by atoms with Crippen LogP contribution in [0.15, 0.2) is 30.5 Å². The molecule has 1 unspecified atom stereocenters. The molecule has 21 heavy (non-hydrogen) atoms. The highest BCUT2D eigenvalue weighted by Gasteiger charge is 2.28. The predicted molar refractivity (Wildman–Crippen MR) is 81.8 cm³/mol. The van der Waals surface area contributed by atoms with E-state index in [1.54, 1.807) is 0 Å². The van der Waals surface area contributed by atoms with Gasteiger partial charge in [0.2, 0.25) is 5.91 Å². The minimum Gasteiger partial charge on any atom is -0.361 e. The van der Waals surface area contributed by atoms with E-state index in [-0.39, 0.29) is 23.5 Å². The number of hydrogen-bond acceptors (Lipinski definition) is 3. The summed E-state index contributed by atoms with van der Waals surface area (Å²) in [6.07, 6.45) is 3.48. The minimum atomic E-state index is -2.95. The van der Waals surface area contributed by atoms with Gasteiger partial charge in [0.15, 0.2) is 9.84 Å². The molecule has 0 bridgehead atoms. The fourth-order valence-electron chi connectivity index (χ4n) is 2.80. The average Bonchev–Trinajstić information content (AvgIpc) is 3.00. The van der Waals surface area contributed by atoms with E-state index < -0.39 is 9.84 Å². The van der Waals surface area contributed by atoms with Gasteiger partial charge in [-0.2, -0.15) is 0 Å². The molecule has 2 aromatic rings. The third kappa shape index (κ3) is 3.26. The van der Waals surface area contributed by atoms with Gasteiger partial charge in [-0.05, 0) is 24.5 Å². The van der Waals surface area contributed by atoms with Gasteiger partial charge in [-0.3, -0.25) is 4.79 Å². The van der Waals surface area contributed by atoms with E-state index in [4.69, 9.17) is 0 Å². The normalized spacial score (nSPS) is 20.7.